The van der Waals surface area contributed by atoms with E-state index in [1.165, 1.54) is 133 Å². The van der Waals surface area contributed by atoms with E-state index in [1.807, 2.05) is 0 Å². The predicted molar refractivity (Wildman–Crippen MR) is 322 cm³/mol. The van der Waals surface area contributed by atoms with Gasteiger partial charge in [-0.3, -0.25) is 0 Å². The van der Waals surface area contributed by atoms with Crippen molar-refractivity contribution >= 4 is 77.2 Å². The molecule has 76 heavy (non-hydrogen) atoms. The molecule has 0 aliphatic carbocycles. The fourth-order valence-corrected chi connectivity index (χ4v) is 12.6. The number of fused-ring (bicyclic) bond motifs is 9. The van der Waals surface area contributed by atoms with Crippen LogP contribution in [0.5, 0.6) is 0 Å². The van der Waals surface area contributed by atoms with Gasteiger partial charge >= 0.3 is 0 Å². The molecular weight excluding hydrogens is 917 g/mol. The molecule has 0 bridgehead atoms. The molecule has 0 radical (unpaired) electrons. The van der Waals surface area contributed by atoms with Crippen LogP contribution in [0.3, 0.4) is 0 Å². The molecule has 2 aliphatic rings. The molecule has 358 valence electrons. The van der Waals surface area contributed by atoms with Gasteiger partial charge in [0.2, 0.25) is 0 Å². The van der Waals surface area contributed by atoms with Crippen molar-refractivity contribution in [2.24, 2.45) is 0 Å². The number of rotatable bonds is 6. The highest BCUT2D eigenvalue weighted by molar-refractivity contribution is 6.23. The summed E-state index contributed by atoms with van der Waals surface area (Å²) in [5, 5.41) is 9.86. The number of benzene rings is 13. The number of aryl methyl sites for hydroxylation is 4. The predicted octanol–water partition coefficient (Wildman–Crippen LogP) is 20.1. The van der Waals surface area contributed by atoms with Gasteiger partial charge in [0.15, 0.2) is 0 Å². The van der Waals surface area contributed by atoms with Crippen molar-refractivity contribution in [2.75, 3.05) is 9.80 Å². The van der Waals surface area contributed by atoms with E-state index in [4.69, 9.17) is 0 Å². The maximum atomic E-state index is 2.52. The lowest BCUT2D eigenvalue weighted by Gasteiger charge is -2.29. The minimum atomic E-state index is 0.991. The number of para-hydroxylation sites is 4. The van der Waals surface area contributed by atoms with Gasteiger partial charge in [0.05, 0.1) is 0 Å². The van der Waals surface area contributed by atoms with E-state index < -0.39 is 0 Å². The van der Waals surface area contributed by atoms with Gasteiger partial charge in [-0.1, -0.05) is 206 Å². The Bertz CT molecular complexity index is 4030. The number of hydrogen-bond acceptors (Lipinski definition) is 2. The molecule has 0 aromatic heterocycles. The highest BCUT2D eigenvalue weighted by atomic mass is 15.2. The summed E-state index contributed by atoms with van der Waals surface area (Å²) in [6, 6.07) is 100. The lowest BCUT2D eigenvalue weighted by molar-refractivity contribution is 0.977. The summed E-state index contributed by atoms with van der Waals surface area (Å²) < 4.78 is 0. The molecule has 0 fully saturated rings. The molecule has 2 nitrogen and oxygen atoms in total. The van der Waals surface area contributed by atoms with E-state index >= 15 is 0 Å². The standard InChI is InChI=1S/C74H52N2/c1-3-19-59-45-61(39-29-49(59)13-1)51-25-35-57(36-26-51)73-65-43-41-63(75-69-21-9-5-15-53(69)31-32-54-16-6-10-22-70(54)75)47-67(65)68-48-64(76-71-23-11-7-17-55(71)33-34-56-18-8-12-24-72(56)76)42-44-66(68)74(73)58-37-27-52(28-38-58)62-40-30-50-14-2-4-20-60(50)46-62/h1-30,35-48H,31-34H2. The van der Waals surface area contributed by atoms with Crippen LogP contribution in [0.25, 0.3) is 87.6 Å². The second-order valence-corrected chi connectivity index (χ2v) is 20.7. The van der Waals surface area contributed by atoms with Gasteiger partial charge in [0, 0.05) is 34.1 Å². The zero-order valence-corrected chi connectivity index (χ0v) is 42.1. The third-order valence-corrected chi connectivity index (χ3v) is 16.4. The molecule has 0 unspecified atom stereocenters. The first-order valence-corrected chi connectivity index (χ1v) is 26.8. The topological polar surface area (TPSA) is 6.48 Å². The molecule has 2 aliphatic heterocycles. The van der Waals surface area contributed by atoms with Gasteiger partial charge < -0.3 is 9.80 Å². The van der Waals surface area contributed by atoms with Crippen LogP contribution in [0.4, 0.5) is 34.1 Å². The normalized spacial score (nSPS) is 13.0. The zero-order valence-electron chi connectivity index (χ0n) is 42.1. The van der Waals surface area contributed by atoms with Gasteiger partial charge in [-0.25, -0.2) is 0 Å². The monoisotopic (exact) mass is 968 g/mol. The number of anilines is 6. The summed E-state index contributed by atoms with van der Waals surface area (Å²) in [7, 11) is 0. The van der Waals surface area contributed by atoms with Crippen LogP contribution in [0.15, 0.2) is 267 Å². The summed E-state index contributed by atoms with van der Waals surface area (Å²) >= 11 is 0. The van der Waals surface area contributed by atoms with E-state index in [9.17, 15) is 0 Å². The van der Waals surface area contributed by atoms with E-state index in [1.54, 1.807) is 0 Å². The van der Waals surface area contributed by atoms with Crippen LogP contribution >= 0.6 is 0 Å². The third kappa shape index (κ3) is 7.48. The zero-order chi connectivity index (χ0) is 50.1. The van der Waals surface area contributed by atoms with Crippen molar-refractivity contribution < 1.29 is 0 Å². The Hall–Kier alpha value is -9.50. The van der Waals surface area contributed by atoms with Gasteiger partial charge in [0.1, 0.15) is 0 Å². The van der Waals surface area contributed by atoms with Gasteiger partial charge in [-0.2, -0.15) is 0 Å². The van der Waals surface area contributed by atoms with Crippen molar-refractivity contribution in [2.45, 2.75) is 25.7 Å². The SMILES string of the molecule is c1ccc2c(c1)CCc1ccccc1N2c1ccc2c(-c3ccc(-c4ccc5ccccc5c4)cc3)c(-c3ccc(-c4ccc5ccccc5c4)cc3)c3ccc(N4c5ccccc5CCc5ccccc54)cc3c2c1. The minimum Gasteiger partial charge on any atom is -0.310 e. The quantitative estimate of drug-likeness (QED) is 0.153. The molecule has 0 atom stereocenters. The average Bonchev–Trinajstić information content (AvgIpc) is 3.78. The van der Waals surface area contributed by atoms with Crippen LogP contribution in [-0.4, -0.2) is 0 Å². The fourth-order valence-electron chi connectivity index (χ4n) is 12.6. The molecular formula is C74H52N2. The van der Waals surface area contributed by atoms with Crippen molar-refractivity contribution in [1.29, 1.82) is 0 Å². The Labute approximate surface area is 444 Å². The first-order valence-electron chi connectivity index (χ1n) is 26.8. The van der Waals surface area contributed by atoms with Crippen molar-refractivity contribution in [3.05, 3.63) is 289 Å². The smallest absolute Gasteiger partial charge is 0.0493 e. The highest BCUT2D eigenvalue weighted by Gasteiger charge is 2.27. The van der Waals surface area contributed by atoms with E-state index in [2.05, 4.69) is 277 Å². The van der Waals surface area contributed by atoms with Gasteiger partial charge in [-0.15, -0.1) is 0 Å². The van der Waals surface area contributed by atoms with E-state index in [0.29, 0.717) is 0 Å². The molecule has 13 aromatic carbocycles. The largest absolute Gasteiger partial charge is 0.310 e. The lowest BCUT2D eigenvalue weighted by atomic mass is 9.84. The van der Waals surface area contributed by atoms with Crippen molar-refractivity contribution in [1.82, 2.24) is 0 Å². The Balaban J connectivity index is 1.00. The van der Waals surface area contributed by atoms with Gasteiger partial charge in [-0.05, 0) is 196 Å². The Morgan fingerprint density at radius 3 is 0.882 bits per heavy atom. The second-order valence-electron chi connectivity index (χ2n) is 20.7. The number of nitrogens with zero attached hydrogens (tertiary/aromatic N) is 2. The molecule has 2 heterocycles. The molecule has 0 saturated heterocycles. The molecule has 0 amide bonds. The Kier molecular flexibility index (Phi) is 10.5. The van der Waals surface area contributed by atoms with Crippen LogP contribution in [0.1, 0.15) is 22.3 Å². The van der Waals surface area contributed by atoms with E-state index in [-0.39, 0.29) is 0 Å². The van der Waals surface area contributed by atoms with E-state index in [0.717, 1.165) is 37.1 Å². The Morgan fingerprint density at radius 2 is 0.513 bits per heavy atom. The second kappa shape index (κ2) is 18.2. The summed E-state index contributed by atoms with van der Waals surface area (Å²) in [4.78, 5) is 5.04. The molecule has 15 rings (SSSR count). The van der Waals surface area contributed by atoms with Crippen LogP contribution in [0, 0.1) is 0 Å². The number of hydrogen-bond donors (Lipinski definition) is 0. The first-order chi connectivity index (χ1) is 37.7. The average molecular weight is 969 g/mol. The van der Waals surface area contributed by atoms with Crippen LogP contribution < -0.4 is 9.80 Å². The van der Waals surface area contributed by atoms with Crippen molar-refractivity contribution in [3.8, 4) is 44.5 Å². The van der Waals surface area contributed by atoms with Gasteiger partial charge in [0.25, 0.3) is 0 Å². The highest BCUT2D eigenvalue weighted by Crippen LogP contribution is 2.51. The van der Waals surface area contributed by atoms with Crippen molar-refractivity contribution in [3.63, 3.8) is 0 Å². The first kappa shape index (κ1) is 44.0. The van der Waals surface area contributed by atoms with Crippen LogP contribution in [-0.2, 0) is 25.7 Å². The minimum absolute atomic E-state index is 0.991. The maximum absolute atomic E-state index is 2.52. The summed E-state index contributed by atoms with van der Waals surface area (Å²) in [5.74, 6) is 0. The molecule has 13 aromatic rings. The summed E-state index contributed by atoms with van der Waals surface area (Å²) in [6.07, 6.45) is 3.96. The molecule has 0 N–H and O–H groups in total. The molecule has 2 heteroatoms. The maximum Gasteiger partial charge on any atom is 0.0493 e. The van der Waals surface area contributed by atoms with Crippen LogP contribution in [0.2, 0.25) is 0 Å². The summed E-state index contributed by atoms with van der Waals surface area (Å²) in [6.45, 7) is 0. The molecule has 0 spiro atoms. The third-order valence-electron chi connectivity index (χ3n) is 16.4. The Morgan fingerprint density at radius 1 is 0.211 bits per heavy atom. The fraction of sp³-hybridized carbons (Fsp3) is 0.0541. The summed E-state index contributed by atoms with van der Waals surface area (Å²) in [5.41, 5.74) is 22.3. The molecule has 0 saturated carbocycles. The lowest BCUT2D eigenvalue weighted by Crippen LogP contribution is -2.12.